The summed E-state index contributed by atoms with van der Waals surface area (Å²) in [5, 5.41) is 9.15. The maximum atomic E-state index is 13.7. The Labute approximate surface area is 134 Å². The van der Waals surface area contributed by atoms with E-state index in [9.17, 15) is 9.18 Å². The van der Waals surface area contributed by atoms with Crippen LogP contribution in [-0.2, 0) is 4.79 Å². The Morgan fingerprint density at radius 2 is 2.00 bits per heavy atom. The second-order valence-electron chi connectivity index (χ2n) is 5.86. The molecule has 1 aromatic heterocycles. The molecule has 4 nitrogen and oxygen atoms in total. The lowest BCUT2D eigenvalue weighted by molar-refractivity contribution is -0.143. The molecule has 1 unspecified atom stereocenters. The fraction of sp³-hybridized carbons (Fsp3) is 0.333. The summed E-state index contributed by atoms with van der Waals surface area (Å²) >= 11 is 0. The van der Waals surface area contributed by atoms with Crippen molar-refractivity contribution in [3.63, 3.8) is 0 Å². The molecule has 1 saturated heterocycles. The highest BCUT2D eigenvalue weighted by Crippen LogP contribution is 2.31. The van der Waals surface area contributed by atoms with Crippen LogP contribution in [0.5, 0.6) is 0 Å². The topological polar surface area (TPSA) is 53.4 Å². The molecule has 0 aliphatic carbocycles. The highest BCUT2D eigenvalue weighted by Gasteiger charge is 2.30. The molecule has 0 bridgehead atoms. The van der Waals surface area contributed by atoms with E-state index in [4.69, 9.17) is 5.11 Å². The van der Waals surface area contributed by atoms with E-state index in [1.807, 2.05) is 24.3 Å². The largest absolute Gasteiger partial charge is 0.481 e. The number of halogens is 1. The van der Waals surface area contributed by atoms with Gasteiger partial charge in [0.05, 0.1) is 17.7 Å². The van der Waals surface area contributed by atoms with Crippen molar-refractivity contribution < 1.29 is 14.3 Å². The average molecular weight is 314 g/mol. The third kappa shape index (κ3) is 3.56. The molecule has 0 amide bonds. The van der Waals surface area contributed by atoms with Gasteiger partial charge in [-0.25, -0.2) is 4.39 Å². The number of piperidine rings is 1. The number of pyridine rings is 1. The molecule has 1 aromatic carbocycles. The number of benzene rings is 1. The summed E-state index contributed by atoms with van der Waals surface area (Å²) < 4.78 is 13.7. The molecule has 1 atom stereocenters. The molecule has 1 aliphatic rings. The van der Waals surface area contributed by atoms with Crippen LogP contribution in [0, 0.1) is 11.7 Å². The Kier molecular flexibility index (Phi) is 4.67. The smallest absolute Gasteiger partial charge is 0.306 e. The van der Waals surface area contributed by atoms with Gasteiger partial charge < -0.3 is 5.11 Å². The van der Waals surface area contributed by atoms with Gasteiger partial charge in [0.15, 0.2) is 0 Å². The van der Waals surface area contributed by atoms with E-state index < -0.39 is 5.97 Å². The minimum Gasteiger partial charge on any atom is -0.481 e. The van der Waals surface area contributed by atoms with Gasteiger partial charge in [-0.05, 0) is 55.8 Å². The number of carbonyl (C=O) groups is 1. The van der Waals surface area contributed by atoms with Crippen LogP contribution in [0.2, 0.25) is 0 Å². The van der Waals surface area contributed by atoms with Crippen LogP contribution in [0.1, 0.15) is 30.1 Å². The monoisotopic (exact) mass is 314 g/mol. The number of carboxylic acids is 1. The summed E-state index contributed by atoms with van der Waals surface area (Å²) in [7, 11) is 0. The molecule has 2 heterocycles. The zero-order valence-corrected chi connectivity index (χ0v) is 12.7. The van der Waals surface area contributed by atoms with Crippen molar-refractivity contribution in [1.29, 1.82) is 0 Å². The summed E-state index contributed by atoms with van der Waals surface area (Å²) in [6.07, 6.45) is 2.94. The van der Waals surface area contributed by atoms with E-state index in [1.165, 1.54) is 12.1 Å². The molecular formula is C18H19FN2O2. The summed E-state index contributed by atoms with van der Waals surface area (Å²) in [4.78, 5) is 17.8. The highest BCUT2D eigenvalue weighted by atomic mass is 19.1. The number of aliphatic carboxylic acids is 1. The fourth-order valence-electron chi connectivity index (χ4n) is 3.19. The number of aromatic nitrogens is 1. The standard InChI is InChI=1S/C18H19FN2O2/c19-15-5-3-4-14(12-15)17(16-6-1-2-9-20-16)21-10-7-13(8-11-21)18(22)23/h1-6,9,12-13,17H,7-8,10-11H2,(H,22,23). The summed E-state index contributed by atoms with van der Waals surface area (Å²) in [5.74, 6) is -1.29. The number of hydrogen-bond donors (Lipinski definition) is 1. The van der Waals surface area contributed by atoms with Gasteiger partial charge in [-0.2, -0.15) is 0 Å². The third-order valence-electron chi connectivity index (χ3n) is 4.38. The molecule has 1 fully saturated rings. The molecule has 5 heteroatoms. The first-order chi connectivity index (χ1) is 11.1. The summed E-state index contributed by atoms with van der Waals surface area (Å²) in [5.41, 5.74) is 1.70. The maximum absolute atomic E-state index is 13.7. The Hall–Kier alpha value is -2.27. The number of likely N-dealkylation sites (tertiary alicyclic amines) is 1. The zero-order valence-electron chi connectivity index (χ0n) is 12.7. The number of carboxylic acid groups (broad SMARTS) is 1. The van der Waals surface area contributed by atoms with E-state index in [0.717, 1.165) is 11.3 Å². The van der Waals surface area contributed by atoms with Crippen molar-refractivity contribution in [2.75, 3.05) is 13.1 Å². The molecule has 2 aromatic rings. The molecular weight excluding hydrogens is 295 g/mol. The van der Waals surface area contributed by atoms with Crippen molar-refractivity contribution in [3.05, 3.63) is 65.7 Å². The summed E-state index contributed by atoms with van der Waals surface area (Å²) in [6.45, 7) is 1.32. The predicted molar refractivity (Wildman–Crippen MR) is 84.4 cm³/mol. The van der Waals surface area contributed by atoms with Gasteiger partial charge in [0.1, 0.15) is 5.82 Å². The molecule has 0 radical (unpaired) electrons. The third-order valence-corrected chi connectivity index (χ3v) is 4.38. The van der Waals surface area contributed by atoms with Crippen LogP contribution in [-0.4, -0.2) is 34.0 Å². The fourth-order valence-corrected chi connectivity index (χ4v) is 3.19. The van der Waals surface area contributed by atoms with Crippen molar-refractivity contribution in [3.8, 4) is 0 Å². The van der Waals surface area contributed by atoms with E-state index in [0.29, 0.717) is 25.9 Å². The molecule has 3 rings (SSSR count). The Balaban J connectivity index is 1.89. The van der Waals surface area contributed by atoms with Crippen molar-refractivity contribution in [2.45, 2.75) is 18.9 Å². The lowest BCUT2D eigenvalue weighted by Crippen LogP contribution is -2.39. The molecule has 0 saturated carbocycles. The Morgan fingerprint density at radius 3 is 2.61 bits per heavy atom. The normalized spacial score (nSPS) is 17.8. The second-order valence-corrected chi connectivity index (χ2v) is 5.86. The molecule has 1 aliphatic heterocycles. The minimum absolute atomic E-state index is 0.151. The van der Waals surface area contributed by atoms with E-state index in [-0.39, 0.29) is 17.8 Å². The first-order valence-electron chi connectivity index (χ1n) is 7.78. The van der Waals surface area contributed by atoms with E-state index in [2.05, 4.69) is 9.88 Å². The highest BCUT2D eigenvalue weighted by molar-refractivity contribution is 5.70. The van der Waals surface area contributed by atoms with Crippen LogP contribution in [0.25, 0.3) is 0 Å². The number of hydrogen-bond acceptors (Lipinski definition) is 3. The second kappa shape index (κ2) is 6.87. The van der Waals surface area contributed by atoms with Crippen molar-refractivity contribution >= 4 is 5.97 Å². The van der Waals surface area contributed by atoms with Gasteiger partial charge in [-0.1, -0.05) is 18.2 Å². The first kappa shape index (κ1) is 15.6. The van der Waals surface area contributed by atoms with Gasteiger partial charge in [0.25, 0.3) is 0 Å². The predicted octanol–water partition coefficient (Wildman–Crippen LogP) is 3.11. The lowest BCUT2D eigenvalue weighted by Gasteiger charge is -2.36. The van der Waals surface area contributed by atoms with Crippen molar-refractivity contribution in [2.24, 2.45) is 5.92 Å². The van der Waals surface area contributed by atoms with Gasteiger partial charge >= 0.3 is 5.97 Å². The number of rotatable bonds is 4. The van der Waals surface area contributed by atoms with Crippen LogP contribution >= 0.6 is 0 Å². The molecule has 0 spiro atoms. The average Bonchev–Trinajstić information content (AvgIpc) is 2.57. The molecule has 120 valence electrons. The molecule has 1 N–H and O–H groups in total. The molecule has 23 heavy (non-hydrogen) atoms. The number of nitrogens with zero attached hydrogens (tertiary/aromatic N) is 2. The minimum atomic E-state index is -0.732. The van der Waals surface area contributed by atoms with Crippen LogP contribution in [0.4, 0.5) is 4.39 Å². The Bertz CT molecular complexity index is 670. The summed E-state index contributed by atoms with van der Waals surface area (Å²) in [6, 6.07) is 12.1. The van der Waals surface area contributed by atoms with Crippen LogP contribution in [0.15, 0.2) is 48.7 Å². The Morgan fingerprint density at radius 1 is 1.22 bits per heavy atom. The zero-order chi connectivity index (χ0) is 16.2. The lowest BCUT2D eigenvalue weighted by atomic mass is 9.93. The van der Waals surface area contributed by atoms with Gasteiger partial charge in [0, 0.05) is 6.20 Å². The van der Waals surface area contributed by atoms with Gasteiger partial charge in [-0.3, -0.25) is 14.7 Å². The van der Waals surface area contributed by atoms with Crippen molar-refractivity contribution in [1.82, 2.24) is 9.88 Å². The van der Waals surface area contributed by atoms with Crippen LogP contribution < -0.4 is 0 Å². The van der Waals surface area contributed by atoms with Crippen LogP contribution in [0.3, 0.4) is 0 Å². The van der Waals surface area contributed by atoms with Gasteiger partial charge in [-0.15, -0.1) is 0 Å². The quantitative estimate of drug-likeness (QED) is 0.942. The van der Waals surface area contributed by atoms with E-state index in [1.54, 1.807) is 12.3 Å². The van der Waals surface area contributed by atoms with Gasteiger partial charge in [0.2, 0.25) is 0 Å². The first-order valence-corrected chi connectivity index (χ1v) is 7.78. The van der Waals surface area contributed by atoms with E-state index >= 15 is 0 Å². The maximum Gasteiger partial charge on any atom is 0.306 e. The SMILES string of the molecule is O=C(O)C1CCN(C(c2cccc(F)c2)c2ccccn2)CC1.